The van der Waals surface area contributed by atoms with E-state index in [2.05, 4.69) is 36.7 Å². The van der Waals surface area contributed by atoms with Crippen LogP contribution >= 0.6 is 11.3 Å². The summed E-state index contributed by atoms with van der Waals surface area (Å²) in [6.07, 6.45) is 4.94. The van der Waals surface area contributed by atoms with Crippen LogP contribution in [0.4, 0.5) is 5.82 Å². The van der Waals surface area contributed by atoms with Gasteiger partial charge >= 0.3 is 0 Å². The van der Waals surface area contributed by atoms with Crippen LogP contribution in [0.15, 0.2) is 36.7 Å². The van der Waals surface area contributed by atoms with Gasteiger partial charge in [-0.1, -0.05) is 6.07 Å². The molecular formula is C24H28N6OS. The van der Waals surface area contributed by atoms with E-state index in [1.54, 1.807) is 24.6 Å². The molecule has 0 spiro atoms. The number of nitrogens with zero attached hydrogens (tertiary/aromatic N) is 6. The van der Waals surface area contributed by atoms with Crippen molar-refractivity contribution in [1.29, 1.82) is 0 Å². The van der Waals surface area contributed by atoms with E-state index in [4.69, 9.17) is 19.8 Å². The quantitative estimate of drug-likeness (QED) is 0.414. The Bertz CT molecular complexity index is 1230. The molecule has 7 nitrogen and oxygen atoms in total. The average Bonchev–Trinajstić information content (AvgIpc) is 3.53. The fourth-order valence-electron chi connectivity index (χ4n) is 4.34. The van der Waals surface area contributed by atoms with Crippen molar-refractivity contribution in [1.82, 2.24) is 24.7 Å². The van der Waals surface area contributed by atoms with Crippen LogP contribution in [0.3, 0.4) is 0 Å². The molecule has 1 saturated heterocycles. The van der Waals surface area contributed by atoms with Crippen LogP contribution in [0.5, 0.6) is 0 Å². The van der Waals surface area contributed by atoms with E-state index in [0.717, 1.165) is 58.4 Å². The van der Waals surface area contributed by atoms with Crippen molar-refractivity contribution in [3.8, 4) is 22.1 Å². The fourth-order valence-corrected chi connectivity index (χ4v) is 5.48. The molecule has 5 rings (SSSR count). The van der Waals surface area contributed by atoms with E-state index in [-0.39, 0.29) is 0 Å². The second-order valence-electron chi connectivity index (χ2n) is 8.65. The summed E-state index contributed by atoms with van der Waals surface area (Å²) in [6, 6.07) is 8.27. The molecule has 166 valence electrons. The SMILES string of the molecule is COC[C@@H]1CCN(c2nc(-c3ccccn3)nc3sc(-c4ccn(C(C)C)n4)c(C)c23)C1. The zero-order valence-electron chi connectivity index (χ0n) is 18.9. The van der Waals surface area contributed by atoms with Gasteiger partial charge in [0, 0.05) is 44.6 Å². The number of hydrogen-bond acceptors (Lipinski definition) is 7. The minimum atomic E-state index is 0.326. The van der Waals surface area contributed by atoms with E-state index < -0.39 is 0 Å². The molecule has 5 heterocycles. The maximum absolute atomic E-state index is 5.42. The van der Waals surface area contributed by atoms with Crippen molar-refractivity contribution in [3.63, 3.8) is 0 Å². The molecule has 0 unspecified atom stereocenters. The van der Waals surface area contributed by atoms with E-state index in [1.165, 1.54) is 5.56 Å². The molecule has 32 heavy (non-hydrogen) atoms. The summed E-state index contributed by atoms with van der Waals surface area (Å²) in [5, 5.41) is 5.94. The first-order chi connectivity index (χ1) is 15.5. The normalized spacial score (nSPS) is 16.5. The molecule has 4 aromatic heterocycles. The number of anilines is 1. The summed E-state index contributed by atoms with van der Waals surface area (Å²) in [7, 11) is 1.77. The van der Waals surface area contributed by atoms with Gasteiger partial charge in [0.05, 0.1) is 16.9 Å². The van der Waals surface area contributed by atoms with Crippen molar-refractivity contribution in [2.24, 2.45) is 5.92 Å². The number of aromatic nitrogens is 5. The lowest BCUT2D eigenvalue weighted by atomic mass is 10.1. The number of ether oxygens (including phenoxy) is 1. The maximum atomic E-state index is 5.42. The Kier molecular flexibility index (Phi) is 5.65. The first-order valence-electron chi connectivity index (χ1n) is 11.1. The van der Waals surface area contributed by atoms with Gasteiger partial charge < -0.3 is 9.64 Å². The van der Waals surface area contributed by atoms with Gasteiger partial charge in [-0.3, -0.25) is 9.67 Å². The number of aryl methyl sites for hydroxylation is 1. The van der Waals surface area contributed by atoms with Crippen molar-refractivity contribution in [2.45, 2.75) is 33.2 Å². The average molecular weight is 449 g/mol. The number of methoxy groups -OCH3 is 1. The number of thiophene rings is 1. The monoisotopic (exact) mass is 448 g/mol. The van der Waals surface area contributed by atoms with Crippen molar-refractivity contribution >= 4 is 27.4 Å². The van der Waals surface area contributed by atoms with Crippen molar-refractivity contribution < 1.29 is 4.74 Å². The molecule has 0 radical (unpaired) electrons. The van der Waals surface area contributed by atoms with E-state index in [1.807, 2.05) is 29.1 Å². The Hall–Kier alpha value is -2.84. The summed E-state index contributed by atoms with van der Waals surface area (Å²) < 4.78 is 7.42. The lowest BCUT2D eigenvalue weighted by Crippen LogP contribution is -2.22. The highest BCUT2D eigenvalue weighted by Gasteiger charge is 2.28. The van der Waals surface area contributed by atoms with E-state index in [0.29, 0.717) is 17.8 Å². The standard InChI is InChI=1S/C24H28N6OS/c1-15(2)30-12-9-18(28-30)21-16(3)20-23(29-11-8-17(13-29)14-31-4)26-22(27-24(20)32-21)19-7-5-6-10-25-19/h5-7,9-10,12,15,17H,8,11,13-14H2,1-4H3/t17-/m1/s1. The van der Waals surface area contributed by atoms with Crippen LogP contribution < -0.4 is 4.90 Å². The summed E-state index contributed by atoms with van der Waals surface area (Å²) in [5.41, 5.74) is 2.97. The van der Waals surface area contributed by atoms with Gasteiger partial charge in [0.2, 0.25) is 0 Å². The lowest BCUT2D eigenvalue weighted by Gasteiger charge is -2.19. The number of fused-ring (bicyclic) bond motifs is 1. The fraction of sp³-hybridized carbons (Fsp3) is 0.417. The third kappa shape index (κ3) is 3.78. The van der Waals surface area contributed by atoms with Gasteiger partial charge in [0.25, 0.3) is 0 Å². The van der Waals surface area contributed by atoms with Gasteiger partial charge in [0.15, 0.2) is 5.82 Å². The lowest BCUT2D eigenvalue weighted by molar-refractivity contribution is 0.161. The topological polar surface area (TPSA) is 69.0 Å². The molecule has 0 amide bonds. The third-order valence-corrected chi connectivity index (χ3v) is 7.23. The first kappa shape index (κ1) is 21.0. The van der Waals surface area contributed by atoms with Gasteiger partial charge in [-0.25, -0.2) is 9.97 Å². The maximum Gasteiger partial charge on any atom is 0.181 e. The van der Waals surface area contributed by atoms with E-state index in [9.17, 15) is 0 Å². The third-order valence-electron chi connectivity index (χ3n) is 6.02. The summed E-state index contributed by atoms with van der Waals surface area (Å²) in [4.78, 5) is 19.0. The van der Waals surface area contributed by atoms with Crippen LogP contribution in [0, 0.1) is 12.8 Å². The van der Waals surface area contributed by atoms with Crippen molar-refractivity contribution in [3.05, 3.63) is 42.2 Å². The Balaban J connectivity index is 1.66. The Morgan fingerprint density at radius 3 is 2.78 bits per heavy atom. The molecule has 0 aliphatic carbocycles. The van der Waals surface area contributed by atoms with Crippen LogP contribution in [0.25, 0.3) is 32.3 Å². The number of pyridine rings is 1. The summed E-state index contributed by atoms with van der Waals surface area (Å²) >= 11 is 1.69. The molecule has 1 aliphatic heterocycles. The number of rotatable bonds is 6. The largest absolute Gasteiger partial charge is 0.384 e. The summed E-state index contributed by atoms with van der Waals surface area (Å²) in [6.45, 7) is 9.13. The van der Waals surface area contributed by atoms with Crippen LogP contribution in [-0.4, -0.2) is 51.5 Å². The molecule has 1 aliphatic rings. The highest BCUT2D eigenvalue weighted by molar-refractivity contribution is 7.22. The second kappa shape index (κ2) is 8.60. The smallest absolute Gasteiger partial charge is 0.181 e. The molecular weight excluding hydrogens is 420 g/mol. The molecule has 4 aromatic rings. The van der Waals surface area contributed by atoms with Crippen LogP contribution in [-0.2, 0) is 4.74 Å². The molecule has 0 bridgehead atoms. The Morgan fingerprint density at radius 1 is 1.19 bits per heavy atom. The zero-order valence-corrected chi connectivity index (χ0v) is 19.8. The minimum Gasteiger partial charge on any atom is -0.384 e. The van der Waals surface area contributed by atoms with E-state index >= 15 is 0 Å². The van der Waals surface area contributed by atoms with Gasteiger partial charge in [-0.15, -0.1) is 11.3 Å². The zero-order chi connectivity index (χ0) is 22.2. The Labute approximate surface area is 192 Å². The number of hydrogen-bond donors (Lipinski definition) is 0. The van der Waals surface area contributed by atoms with Crippen molar-refractivity contribution in [2.75, 3.05) is 31.7 Å². The van der Waals surface area contributed by atoms with Crippen LogP contribution in [0.2, 0.25) is 0 Å². The van der Waals surface area contributed by atoms with Gasteiger partial charge in [0.1, 0.15) is 22.0 Å². The first-order valence-corrected chi connectivity index (χ1v) is 11.9. The molecule has 0 saturated carbocycles. The molecule has 8 heteroatoms. The highest BCUT2D eigenvalue weighted by atomic mass is 32.1. The van der Waals surface area contributed by atoms with Gasteiger partial charge in [-0.05, 0) is 51.0 Å². The van der Waals surface area contributed by atoms with Gasteiger partial charge in [-0.2, -0.15) is 5.10 Å². The molecule has 1 fully saturated rings. The molecule has 0 N–H and O–H groups in total. The predicted octanol–water partition coefficient (Wildman–Crippen LogP) is 4.98. The second-order valence-corrected chi connectivity index (χ2v) is 9.65. The summed E-state index contributed by atoms with van der Waals surface area (Å²) in [5.74, 6) is 2.19. The predicted molar refractivity (Wildman–Crippen MR) is 129 cm³/mol. The Morgan fingerprint density at radius 2 is 2.06 bits per heavy atom. The molecule has 0 aromatic carbocycles. The highest BCUT2D eigenvalue weighted by Crippen LogP contribution is 2.42. The van der Waals surface area contributed by atoms with Crippen LogP contribution in [0.1, 0.15) is 31.9 Å². The minimum absolute atomic E-state index is 0.326. The molecule has 1 atom stereocenters.